The number of rotatable bonds is 12. The molecular formula is C50H84O21. The molecule has 410 valence electrons. The lowest BCUT2D eigenvalue weighted by Gasteiger charge is -2.50. The van der Waals surface area contributed by atoms with Gasteiger partial charge in [-0.25, -0.2) is 4.79 Å². The first kappa shape index (κ1) is 59.4. The van der Waals surface area contributed by atoms with Gasteiger partial charge in [0, 0.05) is 12.0 Å². The maximum atomic E-state index is 13.9. The predicted molar refractivity (Wildman–Crippen MR) is 249 cm³/mol. The second-order valence-corrected chi connectivity index (χ2v) is 19.9. The second kappa shape index (κ2) is 28.4. The van der Waals surface area contributed by atoms with Crippen LogP contribution in [0.5, 0.6) is 0 Å². The number of hydrogen-bond acceptors (Lipinski definition) is 21. The third-order valence-corrected chi connectivity index (χ3v) is 14.4. The highest BCUT2D eigenvalue weighted by Gasteiger charge is 2.58. The van der Waals surface area contributed by atoms with Crippen molar-refractivity contribution in [1.29, 1.82) is 0 Å². The molecule has 0 radical (unpaired) electrons. The van der Waals surface area contributed by atoms with Crippen LogP contribution in [0, 0.1) is 5.92 Å². The highest BCUT2D eigenvalue weighted by molar-refractivity contribution is 5.87. The quantitative estimate of drug-likeness (QED) is 0.0640. The van der Waals surface area contributed by atoms with Gasteiger partial charge in [-0.15, -0.1) is 0 Å². The van der Waals surface area contributed by atoms with Crippen LogP contribution >= 0.6 is 0 Å². The number of fused-ring (bicyclic) bond motifs is 4. The Balaban J connectivity index is 1.55. The summed E-state index contributed by atoms with van der Waals surface area (Å²) in [6, 6.07) is 0. The molecule has 21 nitrogen and oxygen atoms in total. The fourth-order valence-corrected chi connectivity index (χ4v) is 9.42. The number of carbonyl (C=O) groups excluding carboxylic acids is 3. The summed E-state index contributed by atoms with van der Waals surface area (Å²) in [4.78, 5) is 40.5. The number of aliphatic hydroxyl groups excluding tert-OH is 7. The molecule has 71 heavy (non-hydrogen) atoms. The van der Waals surface area contributed by atoms with Crippen LogP contribution in [0.4, 0.5) is 0 Å². The minimum atomic E-state index is -1.92. The molecule has 5 aliphatic heterocycles. The SMILES string of the molecule is CC=C(C)C(=O)O[C@H]1[C@H](O)[C@@H](O)[C@H](O[C@@H]2[C@H]3OC(=O)CCCCCCCCC[C@H](CCCCC)O[C@@H]4O[C@H](C)[C@@H](O)[C@H](O)[C@H]4O[C@@H]4O[C@H](CO)[C@@H](O)[C@H](O)[C@H]4O[C@H](O[C@H]2C)[C@@H]3OC(=O)[C@@H](C)CC)O[C@@H]1C. The summed E-state index contributed by atoms with van der Waals surface area (Å²) in [5, 5.41) is 78.9. The molecule has 5 saturated heterocycles. The summed E-state index contributed by atoms with van der Waals surface area (Å²) < 4.78 is 68.3. The summed E-state index contributed by atoms with van der Waals surface area (Å²) in [7, 11) is 0. The maximum Gasteiger partial charge on any atom is 0.333 e. The fourth-order valence-electron chi connectivity index (χ4n) is 9.42. The minimum Gasteiger partial charge on any atom is -0.455 e. The molecule has 0 aromatic carbocycles. The van der Waals surface area contributed by atoms with Crippen LogP contribution in [-0.4, -0.2) is 189 Å². The zero-order valence-electron chi connectivity index (χ0n) is 42.7. The van der Waals surface area contributed by atoms with E-state index < -0.39 is 153 Å². The zero-order valence-corrected chi connectivity index (χ0v) is 42.7. The van der Waals surface area contributed by atoms with Gasteiger partial charge in [-0.3, -0.25) is 9.59 Å². The van der Waals surface area contributed by atoms with Crippen molar-refractivity contribution >= 4 is 17.9 Å². The molecule has 5 rings (SSSR count). The van der Waals surface area contributed by atoms with Gasteiger partial charge < -0.3 is 87.9 Å². The molecule has 0 amide bonds. The smallest absolute Gasteiger partial charge is 0.333 e. The molecule has 0 aromatic rings. The van der Waals surface area contributed by atoms with Gasteiger partial charge in [0.05, 0.1) is 36.9 Å². The van der Waals surface area contributed by atoms with Crippen molar-refractivity contribution < 1.29 is 102 Å². The van der Waals surface area contributed by atoms with E-state index in [0.717, 1.165) is 51.4 Å². The second-order valence-electron chi connectivity index (χ2n) is 19.9. The standard InChI is InChI=1S/C50H84O21/c1-9-12-18-21-30-22-19-16-14-13-15-17-20-23-32(52)66-43-40(69-47-38(58)37(57)39(28(7)62-47)67-45(59)25(4)10-2)29(8)63-50(44(43)68-46(60)26(5)11-3)71-42-36(56)34(54)31(24-51)65-49(42)70-41-35(55)33(53)27(6)61-48(41)64-30/h10,26-31,33-44,47-51,53-58H,9,11-24H2,1-8H3/t26-,27+,28+,29-,30-,31+,33+,34+,35-,36-,37+,38+,39+,40-,41+,42+,43+,44+,47-,48-,49-,50-/m0/s1. The van der Waals surface area contributed by atoms with Crippen LogP contribution in [0.2, 0.25) is 0 Å². The lowest BCUT2D eigenvalue weighted by molar-refractivity contribution is -0.399. The Hall–Kier alpha value is -2.45. The van der Waals surface area contributed by atoms with Crippen molar-refractivity contribution in [2.45, 2.75) is 274 Å². The van der Waals surface area contributed by atoms with E-state index in [2.05, 4.69) is 6.92 Å². The fraction of sp³-hybridized carbons (Fsp3) is 0.900. The van der Waals surface area contributed by atoms with Gasteiger partial charge in [-0.2, -0.15) is 0 Å². The molecule has 21 heteroatoms. The summed E-state index contributed by atoms with van der Waals surface area (Å²) in [6.45, 7) is 12.4. The van der Waals surface area contributed by atoms with E-state index in [-0.39, 0.29) is 18.1 Å². The van der Waals surface area contributed by atoms with Crippen molar-refractivity contribution in [3.8, 4) is 0 Å². The van der Waals surface area contributed by atoms with Gasteiger partial charge in [-0.1, -0.05) is 84.6 Å². The van der Waals surface area contributed by atoms with E-state index in [1.807, 2.05) is 0 Å². The van der Waals surface area contributed by atoms with Crippen LogP contribution in [0.1, 0.15) is 145 Å². The van der Waals surface area contributed by atoms with Crippen LogP contribution in [0.15, 0.2) is 11.6 Å². The van der Waals surface area contributed by atoms with E-state index >= 15 is 0 Å². The van der Waals surface area contributed by atoms with Gasteiger partial charge in [-0.05, 0) is 60.3 Å². The largest absolute Gasteiger partial charge is 0.455 e. The summed E-state index contributed by atoms with van der Waals surface area (Å²) in [6.07, 6.45) is -19.4. The van der Waals surface area contributed by atoms with E-state index in [4.69, 9.17) is 52.1 Å². The van der Waals surface area contributed by atoms with E-state index in [1.54, 1.807) is 27.7 Å². The number of esters is 3. The van der Waals surface area contributed by atoms with Crippen LogP contribution in [0.25, 0.3) is 0 Å². The Morgan fingerprint density at radius 1 is 0.662 bits per heavy atom. The van der Waals surface area contributed by atoms with Crippen LogP contribution < -0.4 is 0 Å². The molecule has 0 spiro atoms. The Morgan fingerprint density at radius 3 is 1.92 bits per heavy atom. The summed E-state index contributed by atoms with van der Waals surface area (Å²) in [5.74, 6) is -2.91. The minimum absolute atomic E-state index is 0.0407. The first-order valence-corrected chi connectivity index (χ1v) is 26.0. The Bertz CT molecular complexity index is 1670. The lowest BCUT2D eigenvalue weighted by atomic mass is 9.95. The molecule has 0 aliphatic carbocycles. The Labute approximate surface area is 417 Å². The van der Waals surface area contributed by atoms with Gasteiger partial charge in [0.15, 0.2) is 43.5 Å². The van der Waals surface area contributed by atoms with Gasteiger partial charge in [0.2, 0.25) is 0 Å². The van der Waals surface area contributed by atoms with Crippen molar-refractivity contribution in [3.05, 3.63) is 11.6 Å². The normalized spacial score (nSPS) is 42.2. The number of ether oxygens (including phenoxy) is 11. The van der Waals surface area contributed by atoms with Gasteiger partial charge >= 0.3 is 17.9 Å². The Morgan fingerprint density at radius 2 is 1.27 bits per heavy atom. The lowest BCUT2D eigenvalue weighted by Crippen LogP contribution is -2.68. The van der Waals surface area contributed by atoms with Crippen molar-refractivity contribution in [2.75, 3.05) is 6.61 Å². The monoisotopic (exact) mass is 1020 g/mol. The Kier molecular flexibility index (Phi) is 23.8. The topological polar surface area (TPSA) is 294 Å². The third kappa shape index (κ3) is 15.6. The first-order valence-electron chi connectivity index (χ1n) is 26.0. The highest BCUT2D eigenvalue weighted by Crippen LogP contribution is 2.38. The van der Waals surface area contributed by atoms with Crippen molar-refractivity contribution in [3.63, 3.8) is 0 Å². The molecule has 7 N–H and O–H groups in total. The van der Waals surface area contributed by atoms with E-state index in [0.29, 0.717) is 32.1 Å². The number of hydrogen-bond donors (Lipinski definition) is 7. The molecular weight excluding hydrogens is 937 g/mol. The number of aliphatic hydroxyl groups is 7. The summed E-state index contributed by atoms with van der Waals surface area (Å²) in [5.41, 5.74) is 0.261. The van der Waals surface area contributed by atoms with E-state index in [1.165, 1.54) is 26.8 Å². The molecule has 0 aromatic heterocycles. The summed E-state index contributed by atoms with van der Waals surface area (Å²) >= 11 is 0. The predicted octanol–water partition coefficient (Wildman–Crippen LogP) is 2.50. The molecule has 22 atom stereocenters. The number of carbonyl (C=O) groups is 3. The van der Waals surface area contributed by atoms with Crippen molar-refractivity contribution in [1.82, 2.24) is 0 Å². The number of allylic oxidation sites excluding steroid dienone is 1. The van der Waals surface area contributed by atoms with E-state index in [9.17, 15) is 50.1 Å². The average Bonchev–Trinajstić information content (AvgIpc) is 3.34. The third-order valence-electron chi connectivity index (χ3n) is 14.4. The first-order chi connectivity index (χ1) is 33.8. The molecule has 5 heterocycles. The van der Waals surface area contributed by atoms with Gasteiger partial charge in [0.25, 0.3) is 0 Å². The molecule has 0 saturated carbocycles. The van der Waals surface area contributed by atoms with Crippen LogP contribution in [0.3, 0.4) is 0 Å². The maximum absolute atomic E-state index is 13.9. The van der Waals surface area contributed by atoms with Crippen LogP contribution in [-0.2, 0) is 66.5 Å². The molecule has 5 fully saturated rings. The molecule has 5 aliphatic rings. The molecule has 0 unspecified atom stereocenters. The van der Waals surface area contributed by atoms with Gasteiger partial charge in [0.1, 0.15) is 61.0 Å². The highest BCUT2D eigenvalue weighted by atomic mass is 16.8. The van der Waals surface area contributed by atoms with Crippen molar-refractivity contribution in [2.24, 2.45) is 5.92 Å². The molecule has 2 bridgehead atoms. The zero-order chi connectivity index (χ0) is 52.1. The average molecular weight is 1020 g/mol. The number of unbranched alkanes of at least 4 members (excludes halogenated alkanes) is 2.